The number of rotatable bonds is 1. The van der Waals surface area contributed by atoms with E-state index in [9.17, 15) is 0 Å². The molecule has 1 aromatic heterocycles. The van der Waals surface area contributed by atoms with Gasteiger partial charge in [-0.1, -0.05) is 13.8 Å². The van der Waals surface area contributed by atoms with E-state index in [0.717, 1.165) is 5.69 Å². The zero-order valence-electron chi connectivity index (χ0n) is 6.59. The molecule has 0 atom stereocenters. The van der Waals surface area contributed by atoms with Gasteiger partial charge in [0.15, 0.2) is 4.77 Å². The number of aromatic nitrogens is 2. The third-order valence-electron chi connectivity index (χ3n) is 1.41. The summed E-state index contributed by atoms with van der Waals surface area (Å²) in [5.74, 6) is 0.888. The predicted molar refractivity (Wildman–Crippen MR) is 47.9 cm³/mol. The van der Waals surface area contributed by atoms with Crippen molar-refractivity contribution >= 4 is 18.0 Å². The second-order valence-corrected chi connectivity index (χ2v) is 3.11. The van der Waals surface area contributed by atoms with Gasteiger partial charge in [0, 0.05) is 5.69 Å². The highest BCUT2D eigenvalue weighted by Crippen LogP contribution is 2.11. The lowest BCUT2D eigenvalue weighted by molar-refractivity contribution is 0.811. The largest absolute Gasteiger partial charge is 0.384 e. The van der Waals surface area contributed by atoms with Crippen molar-refractivity contribution in [2.75, 3.05) is 5.73 Å². The summed E-state index contributed by atoms with van der Waals surface area (Å²) in [6.07, 6.45) is 0. The van der Waals surface area contributed by atoms with Gasteiger partial charge >= 0.3 is 0 Å². The van der Waals surface area contributed by atoms with Crippen LogP contribution in [-0.2, 0) is 0 Å². The molecular formula is C7H11N3S. The number of nitrogen functional groups attached to an aromatic ring is 1. The van der Waals surface area contributed by atoms with E-state index >= 15 is 0 Å². The van der Waals surface area contributed by atoms with E-state index < -0.39 is 0 Å². The highest BCUT2D eigenvalue weighted by Gasteiger charge is 1.99. The maximum atomic E-state index is 5.50. The molecule has 0 aliphatic carbocycles. The maximum Gasteiger partial charge on any atom is 0.198 e. The predicted octanol–water partition coefficient (Wildman–Crippen LogP) is 1.84. The lowest BCUT2D eigenvalue weighted by Crippen LogP contribution is -1.98. The lowest BCUT2D eigenvalue weighted by atomic mass is 10.1. The first-order valence-electron chi connectivity index (χ1n) is 3.46. The topological polar surface area (TPSA) is 54.7 Å². The van der Waals surface area contributed by atoms with Crippen LogP contribution in [0.1, 0.15) is 25.5 Å². The molecule has 0 amide bonds. The van der Waals surface area contributed by atoms with E-state index in [1.807, 2.05) is 0 Å². The third-order valence-corrected chi connectivity index (χ3v) is 1.60. The number of aromatic amines is 1. The van der Waals surface area contributed by atoms with Crippen molar-refractivity contribution in [3.05, 3.63) is 16.5 Å². The summed E-state index contributed by atoms with van der Waals surface area (Å²) in [5.41, 5.74) is 6.53. The summed E-state index contributed by atoms with van der Waals surface area (Å²) in [6.45, 7) is 4.14. The first-order chi connectivity index (χ1) is 5.09. The van der Waals surface area contributed by atoms with E-state index in [1.165, 1.54) is 0 Å². The average molecular weight is 169 g/mol. The molecule has 1 aromatic rings. The van der Waals surface area contributed by atoms with Gasteiger partial charge in [-0.15, -0.1) is 0 Å². The Morgan fingerprint density at radius 3 is 2.73 bits per heavy atom. The normalized spacial score (nSPS) is 10.5. The molecule has 3 nitrogen and oxygen atoms in total. The first-order valence-corrected chi connectivity index (χ1v) is 3.87. The minimum Gasteiger partial charge on any atom is -0.384 e. The molecule has 60 valence electrons. The fourth-order valence-electron chi connectivity index (χ4n) is 0.807. The lowest BCUT2D eigenvalue weighted by Gasteiger charge is -2.04. The van der Waals surface area contributed by atoms with Gasteiger partial charge in [-0.3, -0.25) is 0 Å². The van der Waals surface area contributed by atoms with E-state index in [4.69, 9.17) is 18.0 Å². The number of nitrogens with one attached hydrogen (secondary N) is 1. The van der Waals surface area contributed by atoms with Crippen LogP contribution >= 0.6 is 12.2 Å². The van der Waals surface area contributed by atoms with E-state index in [2.05, 4.69) is 23.8 Å². The van der Waals surface area contributed by atoms with Gasteiger partial charge in [-0.2, -0.15) is 0 Å². The quantitative estimate of drug-likeness (QED) is 0.631. The molecule has 0 saturated heterocycles. The van der Waals surface area contributed by atoms with Crippen molar-refractivity contribution in [2.24, 2.45) is 0 Å². The Morgan fingerprint density at radius 1 is 1.64 bits per heavy atom. The number of H-pyrrole nitrogens is 1. The molecule has 1 heterocycles. The number of hydrogen-bond donors (Lipinski definition) is 2. The fraction of sp³-hybridized carbons (Fsp3) is 0.429. The summed E-state index contributed by atoms with van der Waals surface area (Å²) >= 11 is 4.86. The van der Waals surface area contributed by atoms with Gasteiger partial charge in [0.1, 0.15) is 5.82 Å². The van der Waals surface area contributed by atoms with Crippen LogP contribution in [0.25, 0.3) is 0 Å². The standard InChI is InChI=1S/C7H11N3S/c1-4(2)5-3-6(8)10-7(11)9-5/h3-4H,1-2H3,(H3,8,9,10,11). The van der Waals surface area contributed by atoms with Crippen LogP contribution in [0.15, 0.2) is 6.07 Å². The molecule has 0 fully saturated rings. The van der Waals surface area contributed by atoms with E-state index in [0.29, 0.717) is 16.5 Å². The molecule has 4 heteroatoms. The Hall–Kier alpha value is -0.900. The van der Waals surface area contributed by atoms with Crippen LogP contribution in [0, 0.1) is 4.77 Å². The van der Waals surface area contributed by atoms with Crippen LogP contribution < -0.4 is 5.73 Å². The van der Waals surface area contributed by atoms with Gasteiger partial charge in [0.05, 0.1) is 0 Å². The van der Waals surface area contributed by atoms with Gasteiger partial charge < -0.3 is 10.7 Å². The second kappa shape index (κ2) is 3.00. The van der Waals surface area contributed by atoms with Crippen LogP contribution in [0.3, 0.4) is 0 Å². The maximum absolute atomic E-state index is 5.50. The van der Waals surface area contributed by atoms with E-state index in [1.54, 1.807) is 6.07 Å². The molecule has 0 aliphatic heterocycles. The third kappa shape index (κ3) is 2.01. The average Bonchev–Trinajstić information content (AvgIpc) is 1.85. The molecule has 3 N–H and O–H groups in total. The summed E-state index contributed by atoms with van der Waals surface area (Å²) in [5, 5.41) is 0. The van der Waals surface area contributed by atoms with Crippen molar-refractivity contribution in [2.45, 2.75) is 19.8 Å². The molecule has 0 aliphatic rings. The highest BCUT2D eigenvalue weighted by molar-refractivity contribution is 7.71. The van der Waals surface area contributed by atoms with Crippen molar-refractivity contribution in [1.82, 2.24) is 9.97 Å². The summed E-state index contributed by atoms with van der Waals surface area (Å²) in [7, 11) is 0. The van der Waals surface area contributed by atoms with Crippen LogP contribution in [0.5, 0.6) is 0 Å². The van der Waals surface area contributed by atoms with Crippen molar-refractivity contribution in [1.29, 1.82) is 0 Å². The molecule has 0 spiro atoms. The molecular weight excluding hydrogens is 158 g/mol. The number of anilines is 1. The smallest absolute Gasteiger partial charge is 0.198 e. The van der Waals surface area contributed by atoms with Gasteiger partial charge in [0.25, 0.3) is 0 Å². The van der Waals surface area contributed by atoms with Gasteiger partial charge in [0.2, 0.25) is 0 Å². The summed E-state index contributed by atoms with van der Waals surface area (Å²) < 4.78 is 0.453. The number of hydrogen-bond acceptors (Lipinski definition) is 3. The zero-order chi connectivity index (χ0) is 8.43. The molecule has 0 bridgehead atoms. The monoisotopic (exact) mass is 169 g/mol. The fourth-order valence-corrected chi connectivity index (χ4v) is 1.03. The van der Waals surface area contributed by atoms with Crippen molar-refractivity contribution < 1.29 is 0 Å². The molecule has 0 unspecified atom stereocenters. The van der Waals surface area contributed by atoms with Crippen LogP contribution in [0.4, 0.5) is 5.82 Å². The minimum absolute atomic E-state index is 0.405. The second-order valence-electron chi connectivity index (χ2n) is 2.72. The Balaban J connectivity index is 3.19. The van der Waals surface area contributed by atoms with Crippen molar-refractivity contribution in [3.8, 4) is 0 Å². The molecule has 0 aromatic carbocycles. The Kier molecular flexibility index (Phi) is 2.24. The SMILES string of the molecule is CC(C)c1cc(N)nc(=S)[nH]1. The van der Waals surface area contributed by atoms with Gasteiger partial charge in [-0.25, -0.2) is 4.98 Å². The Bertz CT molecular complexity index is 303. The molecule has 0 saturated carbocycles. The molecule has 0 radical (unpaired) electrons. The van der Waals surface area contributed by atoms with Crippen LogP contribution in [0.2, 0.25) is 0 Å². The van der Waals surface area contributed by atoms with Crippen molar-refractivity contribution in [3.63, 3.8) is 0 Å². The first kappa shape index (κ1) is 8.20. The minimum atomic E-state index is 0.405. The Labute approximate surface area is 70.7 Å². The van der Waals surface area contributed by atoms with E-state index in [-0.39, 0.29) is 0 Å². The number of nitrogens with zero attached hydrogens (tertiary/aromatic N) is 1. The molecule has 11 heavy (non-hydrogen) atoms. The summed E-state index contributed by atoms with van der Waals surface area (Å²) in [6, 6.07) is 1.81. The van der Waals surface area contributed by atoms with Crippen LogP contribution in [-0.4, -0.2) is 9.97 Å². The summed E-state index contributed by atoms with van der Waals surface area (Å²) in [4.78, 5) is 6.82. The van der Waals surface area contributed by atoms with Gasteiger partial charge in [-0.05, 0) is 24.2 Å². The Morgan fingerprint density at radius 2 is 2.27 bits per heavy atom. The number of nitrogens with two attached hydrogens (primary N) is 1. The highest BCUT2D eigenvalue weighted by atomic mass is 32.1. The molecule has 1 rings (SSSR count). The zero-order valence-corrected chi connectivity index (χ0v) is 7.40.